The van der Waals surface area contributed by atoms with Crippen LogP contribution >= 0.6 is 0 Å². The zero-order valence-corrected chi connectivity index (χ0v) is 17.0. The summed E-state index contributed by atoms with van der Waals surface area (Å²) < 4.78 is 5.22. The third-order valence-corrected chi connectivity index (χ3v) is 3.64. The predicted molar refractivity (Wildman–Crippen MR) is 105 cm³/mol. The van der Waals surface area contributed by atoms with Crippen molar-refractivity contribution in [2.45, 2.75) is 65.6 Å². The number of amides is 2. The van der Waals surface area contributed by atoms with Crippen LogP contribution in [0.5, 0.6) is 0 Å². The molecule has 0 unspecified atom stereocenters. The highest BCUT2D eigenvalue weighted by Crippen LogP contribution is 2.10. The summed E-state index contributed by atoms with van der Waals surface area (Å²) in [6.45, 7) is 10.1. The van der Waals surface area contributed by atoms with E-state index in [-0.39, 0.29) is 5.92 Å². The van der Waals surface area contributed by atoms with Gasteiger partial charge in [0.15, 0.2) is 0 Å². The molecule has 0 aromatic heterocycles. The first-order chi connectivity index (χ1) is 12.6. The molecule has 0 bridgehead atoms. The second kappa shape index (κ2) is 10.9. The lowest BCUT2D eigenvalue weighted by Crippen LogP contribution is -2.48. The van der Waals surface area contributed by atoms with E-state index in [1.54, 1.807) is 20.8 Å². The van der Waals surface area contributed by atoms with Crippen LogP contribution in [-0.4, -0.2) is 30.3 Å². The minimum absolute atomic E-state index is 0.219. The summed E-state index contributed by atoms with van der Waals surface area (Å²) >= 11 is 0. The summed E-state index contributed by atoms with van der Waals surface area (Å²) in [4.78, 5) is 29.6. The van der Waals surface area contributed by atoms with E-state index in [0.29, 0.717) is 26.0 Å². The molecule has 7 heteroatoms. The van der Waals surface area contributed by atoms with Crippen LogP contribution in [0.1, 0.15) is 52.2 Å². The Balaban J connectivity index is 2.46. The fourth-order valence-electron chi connectivity index (χ4n) is 2.36. The Morgan fingerprint density at radius 1 is 1.11 bits per heavy atom. The number of hydrogen-bond donors (Lipinski definition) is 3. The smallest absolute Gasteiger partial charge is 0.408 e. The van der Waals surface area contributed by atoms with Crippen molar-refractivity contribution in [3.05, 3.63) is 35.4 Å². The van der Waals surface area contributed by atoms with Crippen LogP contribution in [0.4, 0.5) is 4.79 Å². The number of nitrogens with two attached hydrogens (primary N) is 1. The Morgan fingerprint density at radius 2 is 1.70 bits per heavy atom. The lowest BCUT2D eigenvalue weighted by Gasteiger charge is -2.24. The normalized spacial score (nSPS) is 12.6. The molecule has 1 aromatic carbocycles. The summed E-state index contributed by atoms with van der Waals surface area (Å²) in [5.74, 6) is -0.176. The maximum Gasteiger partial charge on any atom is 0.408 e. The SMILES string of the molecule is CC(C)C[C@@H](NC(=O)OC(C)(C)C)C(=O)NOCCc1ccc(CN)cc1. The summed E-state index contributed by atoms with van der Waals surface area (Å²) in [5.41, 5.74) is 9.53. The summed E-state index contributed by atoms with van der Waals surface area (Å²) in [7, 11) is 0. The van der Waals surface area contributed by atoms with E-state index in [1.807, 2.05) is 38.1 Å². The fourth-order valence-corrected chi connectivity index (χ4v) is 2.36. The molecule has 0 aliphatic rings. The quantitative estimate of drug-likeness (QED) is 0.452. The topological polar surface area (TPSA) is 103 Å². The monoisotopic (exact) mass is 379 g/mol. The Hall–Kier alpha value is -2.12. The molecule has 0 aliphatic heterocycles. The molecule has 27 heavy (non-hydrogen) atoms. The minimum atomic E-state index is -0.719. The van der Waals surface area contributed by atoms with Gasteiger partial charge in [-0.15, -0.1) is 0 Å². The minimum Gasteiger partial charge on any atom is -0.444 e. The Morgan fingerprint density at radius 3 is 2.22 bits per heavy atom. The number of carbonyl (C=O) groups is 2. The van der Waals surface area contributed by atoms with Crippen LogP contribution in [-0.2, 0) is 27.3 Å². The number of hydrogen-bond acceptors (Lipinski definition) is 5. The predicted octanol–water partition coefficient (Wildman–Crippen LogP) is 2.67. The number of nitrogens with one attached hydrogen (secondary N) is 2. The molecular formula is C20H33N3O4. The zero-order valence-electron chi connectivity index (χ0n) is 17.0. The molecule has 152 valence electrons. The van der Waals surface area contributed by atoms with Crippen molar-refractivity contribution in [1.82, 2.24) is 10.8 Å². The first kappa shape index (κ1) is 22.9. The molecule has 4 N–H and O–H groups in total. The average Bonchev–Trinajstić information content (AvgIpc) is 2.56. The highest BCUT2D eigenvalue weighted by molar-refractivity contribution is 5.84. The lowest BCUT2D eigenvalue weighted by atomic mass is 10.0. The number of ether oxygens (including phenoxy) is 1. The first-order valence-electron chi connectivity index (χ1n) is 9.29. The van der Waals surface area contributed by atoms with Gasteiger partial charge in [-0.25, -0.2) is 10.3 Å². The second-order valence-electron chi connectivity index (χ2n) is 7.91. The number of alkyl carbamates (subject to hydrolysis) is 1. The molecule has 0 heterocycles. The van der Waals surface area contributed by atoms with E-state index in [9.17, 15) is 9.59 Å². The summed E-state index contributed by atoms with van der Waals surface area (Å²) in [6.07, 6.45) is 0.511. The van der Waals surface area contributed by atoms with Crippen LogP contribution < -0.4 is 16.5 Å². The van der Waals surface area contributed by atoms with Crippen LogP contribution in [0, 0.1) is 5.92 Å². The maximum absolute atomic E-state index is 12.4. The number of carbonyl (C=O) groups excluding carboxylic acids is 2. The van der Waals surface area contributed by atoms with Crippen molar-refractivity contribution in [1.29, 1.82) is 0 Å². The molecule has 0 spiro atoms. The fraction of sp³-hybridized carbons (Fsp3) is 0.600. The van der Waals surface area contributed by atoms with Gasteiger partial charge in [-0.3, -0.25) is 9.63 Å². The van der Waals surface area contributed by atoms with Gasteiger partial charge in [0.25, 0.3) is 5.91 Å². The van der Waals surface area contributed by atoms with Crippen LogP contribution in [0.25, 0.3) is 0 Å². The molecule has 0 saturated heterocycles. The standard InChI is InChI=1S/C20H33N3O4/c1-14(2)12-17(22-19(25)27-20(3,4)5)18(24)23-26-11-10-15-6-8-16(13-21)9-7-15/h6-9,14,17H,10-13,21H2,1-5H3,(H,22,25)(H,23,24)/t17-/m1/s1. The van der Waals surface area contributed by atoms with Gasteiger partial charge >= 0.3 is 6.09 Å². The van der Waals surface area contributed by atoms with Gasteiger partial charge < -0.3 is 15.8 Å². The van der Waals surface area contributed by atoms with Crippen molar-refractivity contribution in [3.63, 3.8) is 0 Å². The van der Waals surface area contributed by atoms with Gasteiger partial charge in [-0.2, -0.15) is 0 Å². The molecule has 1 rings (SSSR count). The molecule has 0 radical (unpaired) electrons. The van der Waals surface area contributed by atoms with Crippen molar-refractivity contribution >= 4 is 12.0 Å². The molecule has 1 aromatic rings. The second-order valence-corrected chi connectivity index (χ2v) is 7.91. The molecule has 0 fully saturated rings. The highest BCUT2D eigenvalue weighted by atomic mass is 16.7. The molecule has 1 atom stereocenters. The van der Waals surface area contributed by atoms with Crippen LogP contribution in [0.2, 0.25) is 0 Å². The molecule has 0 aliphatic carbocycles. The van der Waals surface area contributed by atoms with Crippen molar-refractivity contribution in [3.8, 4) is 0 Å². The van der Waals surface area contributed by atoms with E-state index in [2.05, 4.69) is 10.8 Å². The molecule has 7 nitrogen and oxygen atoms in total. The van der Waals surface area contributed by atoms with Crippen LogP contribution in [0.15, 0.2) is 24.3 Å². The maximum atomic E-state index is 12.4. The average molecular weight is 380 g/mol. The summed E-state index contributed by atoms with van der Waals surface area (Å²) in [5, 5.41) is 2.61. The third kappa shape index (κ3) is 9.96. The first-order valence-corrected chi connectivity index (χ1v) is 9.29. The number of benzene rings is 1. The summed E-state index contributed by atoms with van der Waals surface area (Å²) in [6, 6.07) is 7.19. The zero-order chi connectivity index (χ0) is 20.4. The van der Waals surface area contributed by atoms with E-state index in [1.165, 1.54) is 0 Å². The van der Waals surface area contributed by atoms with Crippen molar-refractivity contribution in [2.75, 3.05) is 6.61 Å². The molecular weight excluding hydrogens is 346 g/mol. The Kier molecular flexibility index (Phi) is 9.25. The largest absolute Gasteiger partial charge is 0.444 e. The van der Waals surface area contributed by atoms with E-state index >= 15 is 0 Å². The number of rotatable bonds is 9. The van der Waals surface area contributed by atoms with E-state index < -0.39 is 23.6 Å². The van der Waals surface area contributed by atoms with Crippen molar-refractivity contribution < 1.29 is 19.2 Å². The van der Waals surface area contributed by atoms with Gasteiger partial charge in [0.1, 0.15) is 11.6 Å². The van der Waals surface area contributed by atoms with Gasteiger partial charge in [0.05, 0.1) is 6.61 Å². The van der Waals surface area contributed by atoms with Gasteiger partial charge in [0.2, 0.25) is 0 Å². The van der Waals surface area contributed by atoms with E-state index in [0.717, 1.165) is 11.1 Å². The lowest BCUT2D eigenvalue weighted by molar-refractivity contribution is -0.136. The van der Waals surface area contributed by atoms with Crippen LogP contribution in [0.3, 0.4) is 0 Å². The van der Waals surface area contributed by atoms with Gasteiger partial charge in [-0.05, 0) is 50.7 Å². The van der Waals surface area contributed by atoms with Gasteiger partial charge in [-0.1, -0.05) is 38.1 Å². The molecule has 0 saturated carbocycles. The molecule has 2 amide bonds. The van der Waals surface area contributed by atoms with Gasteiger partial charge in [0, 0.05) is 6.54 Å². The highest BCUT2D eigenvalue weighted by Gasteiger charge is 2.25. The Bertz CT molecular complexity index is 594. The third-order valence-electron chi connectivity index (χ3n) is 3.64. The Labute approximate surface area is 161 Å². The number of hydroxylamine groups is 1. The van der Waals surface area contributed by atoms with Crippen molar-refractivity contribution in [2.24, 2.45) is 11.7 Å². The van der Waals surface area contributed by atoms with E-state index in [4.69, 9.17) is 15.3 Å².